The Labute approximate surface area is 112 Å². The predicted molar refractivity (Wildman–Crippen MR) is 75.4 cm³/mol. The minimum Gasteiger partial charge on any atom is -0.387 e. The number of nitrogens with zero attached hydrogens (tertiary/aromatic N) is 3. The molecule has 2 rings (SSSR count). The Hall–Kier alpha value is -2.43. The molecule has 2 aromatic heterocycles. The van der Waals surface area contributed by atoms with E-state index in [9.17, 15) is 4.79 Å². The fourth-order valence-electron chi connectivity index (χ4n) is 1.77. The molecule has 0 saturated carbocycles. The van der Waals surface area contributed by atoms with Crippen molar-refractivity contribution in [3.63, 3.8) is 0 Å². The second-order valence-electron chi connectivity index (χ2n) is 3.94. The summed E-state index contributed by atoms with van der Waals surface area (Å²) in [6.07, 6.45) is 4.99. The summed E-state index contributed by atoms with van der Waals surface area (Å²) in [6.45, 7) is 2.51. The largest absolute Gasteiger partial charge is 0.387 e. The standard InChI is InChI=1S/C14H16N4O/c1-3-18(12-6-8-16-9-7-12)14(19)13-5-4-11(15-2)10-17-13/h4-10,15H,3H2,1-2H3. The number of rotatable bonds is 4. The number of nitrogens with one attached hydrogen (secondary N) is 1. The maximum absolute atomic E-state index is 12.4. The van der Waals surface area contributed by atoms with Crippen LogP contribution >= 0.6 is 0 Å². The highest BCUT2D eigenvalue weighted by Gasteiger charge is 2.16. The summed E-state index contributed by atoms with van der Waals surface area (Å²) >= 11 is 0. The molecule has 0 saturated heterocycles. The van der Waals surface area contributed by atoms with E-state index in [1.165, 1.54) is 0 Å². The number of aromatic nitrogens is 2. The minimum absolute atomic E-state index is 0.114. The lowest BCUT2D eigenvalue weighted by molar-refractivity contribution is 0.0983. The van der Waals surface area contributed by atoms with Gasteiger partial charge in [0.25, 0.3) is 5.91 Å². The van der Waals surface area contributed by atoms with Crippen LogP contribution in [0.1, 0.15) is 17.4 Å². The minimum atomic E-state index is -0.114. The summed E-state index contributed by atoms with van der Waals surface area (Å²) < 4.78 is 0. The average molecular weight is 256 g/mol. The Morgan fingerprint density at radius 1 is 1.26 bits per heavy atom. The van der Waals surface area contributed by atoms with E-state index in [-0.39, 0.29) is 5.91 Å². The quantitative estimate of drug-likeness (QED) is 0.911. The van der Waals surface area contributed by atoms with Crippen molar-refractivity contribution in [2.45, 2.75) is 6.92 Å². The third kappa shape index (κ3) is 2.88. The molecule has 1 amide bonds. The molecule has 2 heterocycles. The second kappa shape index (κ2) is 5.95. The van der Waals surface area contributed by atoms with Gasteiger partial charge in [0.05, 0.1) is 11.9 Å². The molecule has 0 aliphatic rings. The molecule has 19 heavy (non-hydrogen) atoms. The van der Waals surface area contributed by atoms with Crippen molar-refractivity contribution in [2.24, 2.45) is 0 Å². The zero-order valence-electron chi connectivity index (χ0n) is 11.0. The summed E-state index contributed by atoms with van der Waals surface area (Å²) in [5, 5.41) is 2.97. The first-order valence-electron chi connectivity index (χ1n) is 6.12. The van der Waals surface area contributed by atoms with Gasteiger partial charge in [-0.15, -0.1) is 0 Å². The van der Waals surface area contributed by atoms with Crippen molar-refractivity contribution in [3.05, 3.63) is 48.5 Å². The lowest BCUT2D eigenvalue weighted by Crippen LogP contribution is -2.31. The first-order chi connectivity index (χ1) is 9.26. The van der Waals surface area contributed by atoms with Crippen LogP contribution in [0.2, 0.25) is 0 Å². The van der Waals surface area contributed by atoms with E-state index in [1.54, 1.807) is 29.6 Å². The first kappa shape index (κ1) is 13.0. The lowest BCUT2D eigenvalue weighted by atomic mass is 10.2. The summed E-state index contributed by atoms with van der Waals surface area (Å²) in [6, 6.07) is 7.17. The van der Waals surface area contributed by atoms with Crippen LogP contribution in [0.5, 0.6) is 0 Å². The van der Waals surface area contributed by atoms with Gasteiger partial charge in [-0.3, -0.25) is 9.78 Å². The van der Waals surface area contributed by atoms with Crippen LogP contribution < -0.4 is 10.2 Å². The monoisotopic (exact) mass is 256 g/mol. The van der Waals surface area contributed by atoms with E-state index >= 15 is 0 Å². The Kier molecular flexibility index (Phi) is 4.07. The molecule has 0 atom stereocenters. The van der Waals surface area contributed by atoms with Gasteiger partial charge in [0.15, 0.2) is 0 Å². The second-order valence-corrected chi connectivity index (χ2v) is 3.94. The number of hydrogen-bond acceptors (Lipinski definition) is 4. The highest BCUT2D eigenvalue weighted by atomic mass is 16.2. The highest BCUT2D eigenvalue weighted by Crippen LogP contribution is 2.15. The van der Waals surface area contributed by atoms with Gasteiger partial charge in [-0.05, 0) is 31.2 Å². The molecule has 0 bridgehead atoms. The number of pyridine rings is 2. The fraction of sp³-hybridized carbons (Fsp3) is 0.214. The number of carbonyl (C=O) groups excluding carboxylic acids is 1. The Morgan fingerprint density at radius 2 is 2.00 bits per heavy atom. The van der Waals surface area contributed by atoms with Crippen LogP contribution in [-0.4, -0.2) is 29.5 Å². The van der Waals surface area contributed by atoms with Crippen LogP contribution in [-0.2, 0) is 0 Å². The van der Waals surface area contributed by atoms with Crippen molar-refractivity contribution in [3.8, 4) is 0 Å². The van der Waals surface area contributed by atoms with Gasteiger partial charge in [0, 0.05) is 31.7 Å². The molecule has 98 valence electrons. The van der Waals surface area contributed by atoms with Crippen LogP contribution in [0.3, 0.4) is 0 Å². The van der Waals surface area contributed by atoms with E-state index < -0.39 is 0 Å². The molecule has 0 fully saturated rings. The molecule has 5 heteroatoms. The van der Waals surface area contributed by atoms with E-state index in [1.807, 2.05) is 32.2 Å². The van der Waals surface area contributed by atoms with E-state index in [2.05, 4.69) is 15.3 Å². The molecular formula is C14H16N4O. The van der Waals surface area contributed by atoms with Crippen LogP contribution in [0.15, 0.2) is 42.9 Å². The molecule has 5 nitrogen and oxygen atoms in total. The molecule has 0 aliphatic heterocycles. The summed E-state index contributed by atoms with van der Waals surface area (Å²) in [5.41, 5.74) is 2.13. The van der Waals surface area contributed by atoms with Crippen molar-refractivity contribution >= 4 is 17.3 Å². The molecule has 0 aliphatic carbocycles. The zero-order chi connectivity index (χ0) is 13.7. The summed E-state index contributed by atoms with van der Waals surface area (Å²) in [5.74, 6) is -0.114. The van der Waals surface area contributed by atoms with Gasteiger partial charge >= 0.3 is 0 Å². The Balaban J connectivity index is 2.25. The van der Waals surface area contributed by atoms with Gasteiger partial charge in [-0.1, -0.05) is 0 Å². The third-order valence-corrected chi connectivity index (χ3v) is 2.81. The van der Waals surface area contributed by atoms with Crippen LogP contribution in [0.4, 0.5) is 11.4 Å². The van der Waals surface area contributed by atoms with Crippen LogP contribution in [0.25, 0.3) is 0 Å². The maximum Gasteiger partial charge on any atom is 0.276 e. The number of anilines is 2. The normalized spacial score (nSPS) is 10.0. The Morgan fingerprint density at radius 3 is 2.53 bits per heavy atom. The smallest absolute Gasteiger partial charge is 0.276 e. The number of carbonyl (C=O) groups is 1. The van der Waals surface area contributed by atoms with Crippen LogP contribution in [0, 0.1) is 0 Å². The number of amides is 1. The summed E-state index contributed by atoms with van der Waals surface area (Å²) in [7, 11) is 1.81. The topological polar surface area (TPSA) is 58.1 Å². The van der Waals surface area contributed by atoms with Crippen molar-refractivity contribution in [1.29, 1.82) is 0 Å². The molecule has 2 aromatic rings. The molecule has 0 radical (unpaired) electrons. The predicted octanol–water partition coefficient (Wildman–Crippen LogP) is 2.18. The van der Waals surface area contributed by atoms with E-state index in [0.29, 0.717) is 12.2 Å². The maximum atomic E-state index is 12.4. The molecule has 0 unspecified atom stereocenters. The molecule has 0 spiro atoms. The third-order valence-electron chi connectivity index (χ3n) is 2.81. The van der Waals surface area contributed by atoms with Gasteiger partial charge in [0.2, 0.25) is 0 Å². The molecular weight excluding hydrogens is 240 g/mol. The van der Waals surface area contributed by atoms with Crippen molar-refractivity contribution in [1.82, 2.24) is 9.97 Å². The lowest BCUT2D eigenvalue weighted by Gasteiger charge is -2.20. The average Bonchev–Trinajstić information content (AvgIpc) is 2.49. The molecule has 0 aromatic carbocycles. The van der Waals surface area contributed by atoms with Gasteiger partial charge in [-0.25, -0.2) is 4.98 Å². The Bertz CT molecular complexity index is 539. The van der Waals surface area contributed by atoms with Crippen molar-refractivity contribution in [2.75, 3.05) is 23.8 Å². The highest BCUT2D eigenvalue weighted by molar-refractivity contribution is 6.04. The van der Waals surface area contributed by atoms with Crippen molar-refractivity contribution < 1.29 is 4.79 Å². The van der Waals surface area contributed by atoms with E-state index in [0.717, 1.165) is 11.4 Å². The molecule has 1 N–H and O–H groups in total. The van der Waals surface area contributed by atoms with Gasteiger partial charge in [0.1, 0.15) is 5.69 Å². The van der Waals surface area contributed by atoms with Gasteiger partial charge in [-0.2, -0.15) is 0 Å². The zero-order valence-corrected chi connectivity index (χ0v) is 11.0. The first-order valence-corrected chi connectivity index (χ1v) is 6.12. The van der Waals surface area contributed by atoms with Gasteiger partial charge < -0.3 is 10.2 Å². The fourth-order valence-corrected chi connectivity index (χ4v) is 1.77. The SMILES string of the molecule is CCN(C(=O)c1ccc(NC)cn1)c1ccncc1. The van der Waals surface area contributed by atoms with E-state index in [4.69, 9.17) is 0 Å². The summed E-state index contributed by atoms with van der Waals surface area (Å²) in [4.78, 5) is 22.2. The number of hydrogen-bond donors (Lipinski definition) is 1.